The molecule has 0 spiro atoms. The molecule has 0 amide bonds. The quantitative estimate of drug-likeness (QED) is 0.469. The molecule has 0 unspecified atom stereocenters. The average molecular weight is 113 g/mol. The fourth-order valence-corrected chi connectivity index (χ4v) is 0.839. The maximum atomic E-state index is 4.35. The van der Waals surface area contributed by atoms with Crippen LogP contribution >= 0.6 is 0 Å². The van der Waals surface area contributed by atoms with Crippen molar-refractivity contribution in [3.63, 3.8) is 0 Å². The normalized spacial score (nSPS) is 39.8. The van der Waals surface area contributed by atoms with Gasteiger partial charge in [-0.05, 0) is 13.8 Å². The first-order valence-electron chi connectivity index (χ1n) is 3.19. The summed E-state index contributed by atoms with van der Waals surface area (Å²) >= 11 is 0. The minimum absolute atomic E-state index is 0.534. The van der Waals surface area contributed by atoms with Crippen LogP contribution in [0.25, 0.3) is 0 Å². The Hall–Kier alpha value is -0.0800. The third kappa shape index (κ3) is 1.46. The molecule has 0 aliphatic carbocycles. The van der Waals surface area contributed by atoms with E-state index >= 15 is 0 Å². The molecule has 0 aromatic heterocycles. The summed E-state index contributed by atoms with van der Waals surface area (Å²) in [5, 5.41) is 7.69. The molecule has 8 heavy (non-hydrogen) atoms. The largest absolute Gasteiger partial charge is 0.311 e. The maximum absolute atomic E-state index is 4.35. The van der Waals surface area contributed by atoms with Crippen molar-refractivity contribution in [1.29, 1.82) is 0 Å². The molecule has 0 aromatic rings. The molecular formula is C6H13N2. The molecule has 47 valence electrons. The molecule has 0 aromatic carbocycles. The maximum Gasteiger partial charge on any atom is 0.0343 e. The third-order valence-corrected chi connectivity index (χ3v) is 1.45. The lowest BCUT2D eigenvalue weighted by molar-refractivity contribution is 0.369. The summed E-state index contributed by atoms with van der Waals surface area (Å²) in [4.78, 5) is 0. The molecule has 1 heterocycles. The SMILES string of the molecule is C[C@@H]1CN[C@H](C)C[N]1. The first kappa shape index (κ1) is 6.05. The Morgan fingerprint density at radius 3 is 2.62 bits per heavy atom. The molecule has 1 saturated heterocycles. The Bertz CT molecular complexity index is 54.9. The van der Waals surface area contributed by atoms with E-state index in [1.54, 1.807) is 0 Å². The standard InChI is InChI=1S/C6H13N2/c1-5-3-8-6(2)4-7-5/h5-7H,3-4H2,1-2H3/t5-,6-/m1/s1. The van der Waals surface area contributed by atoms with Crippen molar-refractivity contribution < 1.29 is 0 Å². The van der Waals surface area contributed by atoms with Crippen LogP contribution in [0.5, 0.6) is 0 Å². The van der Waals surface area contributed by atoms with E-state index in [4.69, 9.17) is 0 Å². The van der Waals surface area contributed by atoms with Gasteiger partial charge >= 0.3 is 0 Å². The van der Waals surface area contributed by atoms with E-state index < -0.39 is 0 Å². The zero-order chi connectivity index (χ0) is 5.98. The Morgan fingerprint density at radius 1 is 1.50 bits per heavy atom. The first-order valence-corrected chi connectivity index (χ1v) is 3.19. The van der Waals surface area contributed by atoms with Crippen LogP contribution in [0.3, 0.4) is 0 Å². The molecular weight excluding hydrogens is 100 g/mol. The summed E-state index contributed by atoms with van der Waals surface area (Å²) in [5.74, 6) is 0. The van der Waals surface area contributed by atoms with Crippen molar-refractivity contribution in [2.45, 2.75) is 25.9 Å². The van der Waals surface area contributed by atoms with Crippen LogP contribution in [0.15, 0.2) is 0 Å². The lowest BCUT2D eigenvalue weighted by Gasteiger charge is -2.24. The van der Waals surface area contributed by atoms with Crippen LogP contribution in [0, 0.1) is 0 Å². The lowest BCUT2D eigenvalue weighted by atomic mass is 10.2. The molecule has 1 radical (unpaired) electrons. The van der Waals surface area contributed by atoms with E-state index in [1.807, 2.05) is 0 Å². The number of hydrogen-bond acceptors (Lipinski definition) is 1. The predicted molar refractivity (Wildman–Crippen MR) is 33.9 cm³/mol. The summed E-state index contributed by atoms with van der Waals surface area (Å²) in [5.41, 5.74) is 0. The van der Waals surface area contributed by atoms with Crippen LogP contribution in [-0.2, 0) is 0 Å². The molecule has 1 rings (SSSR count). The van der Waals surface area contributed by atoms with Gasteiger partial charge in [-0.25, -0.2) is 5.32 Å². The molecule has 1 N–H and O–H groups in total. The summed E-state index contributed by atoms with van der Waals surface area (Å²) in [6.45, 7) is 6.34. The summed E-state index contributed by atoms with van der Waals surface area (Å²) in [7, 11) is 0. The second-order valence-electron chi connectivity index (χ2n) is 2.52. The number of nitrogens with one attached hydrogen (secondary N) is 1. The molecule has 2 heteroatoms. The van der Waals surface area contributed by atoms with Crippen LogP contribution < -0.4 is 10.6 Å². The summed E-state index contributed by atoms with van der Waals surface area (Å²) in [6, 6.07) is 1.14. The Balaban J connectivity index is 2.19. The smallest absolute Gasteiger partial charge is 0.0343 e. The van der Waals surface area contributed by atoms with Gasteiger partial charge in [0, 0.05) is 25.2 Å². The highest BCUT2D eigenvalue weighted by Crippen LogP contribution is 1.91. The van der Waals surface area contributed by atoms with Gasteiger partial charge in [0.1, 0.15) is 0 Å². The molecule has 2 atom stereocenters. The van der Waals surface area contributed by atoms with Gasteiger partial charge < -0.3 is 5.32 Å². The predicted octanol–water partition coefficient (Wildman–Crippen LogP) is -0.0290. The fourth-order valence-electron chi connectivity index (χ4n) is 0.839. The van der Waals surface area contributed by atoms with E-state index in [0.717, 1.165) is 13.1 Å². The van der Waals surface area contributed by atoms with Crippen molar-refractivity contribution in [3.8, 4) is 0 Å². The van der Waals surface area contributed by atoms with Gasteiger partial charge in [0.25, 0.3) is 0 Å². The first-order chi connectivity index (χ1) is 3.79. The minimum Gasteiger partial charge on any atom is -0.311 e. The van der Waals surface area contributed by atoms with Crippen molar-refractivity contribution in [3.05, 3.63) is 0 Å². The number of rotatable bonds is 0. The van der Waals surface area contributed by atoms with Crippen molar-refractivity contribution in [1.82, 2.24) is 10.6 Å². The second kappa shape index (κ2) is 2.46. The Labute approximate surface area is 50.7 Å². The van der Waals surface area contributed by atoms with E-state index in [9.17, 15) is 0 Å². The minimum atomic E-state index is 0.534. The van der Waals surface area contributed by atoms with Gasteiger partial charge in [-0.3, -0.25) is 0 Å². The van der Waals surface area contributed by atoms with Gasteiger partial charge in [0.05, 0.1) is 0 Å². The average Bonchev–Trinajstić information content (AvgIpc) is 1.77. The third-order valence-electron chi connectivity index (χ3n) is 1.45. The summed E-state index contributed by atoms with van der Waals surface area (Å²) in [6.07, 6.45) is 0. The van der Waals surface area contributed by atoms with E-state index in [2.05, 4.69) is 24.5 Å². The van der Waals surface area contributed by atoms with Crippen LogP contribution in [0.2, 0.25) is 0 Å². The number of nitrogens with zero attached hydrogens (tertiary/aromatic N) is 1. The summed E-state index contributed by atoms with van der Waals surface area (Å²) < 4.78 is 0. The van der Waals surface area contributed by atoms with E-state index in [1.165, 1.54) is 0 Å². The number of piperazine rings is 1. The number of hydrogen-bond donors (Lipinski definition) is 1. The van der Waals surface area contributed by atoms with E-state index in [-0.39, 0.29) is 0 Å². The Kier molecular flexibility index (Phi) is 1.86. The van der Waals surface area contributed by atoms with Crippen molar-refractivity contribution >= 4 is 0 Å². The molecule has 0 saturated carbocycles. The fraction of sp³-hybridized carbons (Fsp3) is 1.00. The van der Waals surface area contributed by atoms with Gasteiger partial charge in [-0.15, -0.1) is 0 Å². The monoisotopic (exact) mass is 113 g/mol. The zero-order valence-corrected chi connectivity index (χ0v) is 5.52. The zero-order valence-electron chi connectivity index (χ0n) is 5.52. The second-order valence-corrected chi connectivity index (χ2v) is 2.52. The molecule has 0 bridgehead atoms. The van der Waals surface area contributed by atoms with Crippen molar-refractivity contribution in [2.24, 2.45) is 0 Å². The van der Waals surface area contributed by atoms with Gasteiger partial charge in [-0.2, -0.15) is 0 Å². The molecule has 1 aliphatic heterocycles. The van der Waals surface area contributed by atoms with Gasteiger partial charge in [0.2, 0.25) is 0 Å². The highest BCUT2D eigenvalue weighted by Gasteiger charge is 2.12. The Morgan fingerprint density at radius 2 is 2.25 bits per heavy atom. The van der Waals surface area contributed by atoms with E-state index in [0.29, 0.717) is 12.1 Å². The molecule has 1 aliphatic rings. The van der Waals surface area contributed by atoms with Crippen LogP contribution in [-0.4, -0.2) is 25.2 Å². The van der Waals surface area contributed by atoms with Gasteiger partial charge in [-0.1, -0.05) is 0 Å². The van der Waals surface area contributed by atoms with Gasteiger partial charge in [0.15, 0.2) is 0 Å². The molecule has 1 fully saturated rings. The topological polar surface area (TPSA) is 26.1 Å². The lowest BCUT2D eigenvalue weighted by Crippen LogP contribution is -2.48. The van der Waals surface area contributed by atoms with Crippen molar-refractivity contribution in [2.75, 3.05) is 13.1 Å². The molecule has 2 nitrogen and oxygen atoms in total. The van der Waals surface area contributed by atoms with Crippen LogP contribution in [0.4, 0.5) is 0 Å². The highest BCUT2D eigenvalue weighted by atomic mass is 15.1. The van der Waals surface area contributed by atoms with Crippen LogP contribution in [0.1, 0.15) is 13.8 Å². The highest BCUT2D eigenvalue weighted by molar-refractivity contribution is 4.75.